The third-order valence-corrected chi connectivity index (χ3v) is 4.49. The Balaban J connectivity index is 2.10. The molecule has 2 rings (SSSR count). The summed E-state index contributed by atoms with van der Waals surface area (Å²) in [6, 6.07) is 17.0. The van der Waals surface area contributed by atoms with E-state index in [1.165, 1.54) is 21.6 Å². The third-order valence-electron chi connectivity index (χ3n) is 3.38. The second-order valence-electron chi connectivity index (χ2n) is 4.63. The van der Waals surface area contributed by atoms with Crippen molar-refractivity contribution in [2.75, 3.05) is 5.75 Å². The molecule has 0 fully saturated rings. The summed E-state index contributed by atoms with van der Waals surface area (Å²) in [5.74, 6) is 6.65. The zero-order valence-corrected chi connectivity index (χ0v) is 12.2. The highest BCUT2D eigenvalue weighted by Crippen LogP contribution is 2.26. The van der Waals surface area contributed by atoms with E-state index < -0.39 is 0 Å². The molecule has 1 unspecified atom stereocenters. The molecule has 0 aliphatic heterocycles. The van der Waals surface area contributed by atoms with Gasteiger partial charge < -0.3 is 0 Å². The smallest absolute Gasteiger partial charge is 0.0556 e. The van der Waals surface area contributed by atoms with E-state index in [0.29, 0.717) is 0 Å². The minimum absolute atomic E-state index is 0.171. The van der Waals surface area contributed by atoms with Gasteiger partial charge in [-0.1, -0.05) is 36.4 Å². The molecule has 0 aliphatic carbocycles. The molecular weight excluding hydrogens is 252 g/mol. The summed E-state index contributed by atoms with van der Waals surface area (Å²) >= 11 is 1.82. The molecule has 0 heterocycles. The topological polar surface area (TPSA) is 38.0 Å². The van der Waals surface area contributed by atoms with Crippen LogP contribution in [0.4, 0.5) is 0 Å². The predicted molar refractivity (Wildman–Crippen MR) is 83.1 cm³/mol. The van der Waals surface area contributed by atoms with Gasteiger partial charge in [0, 0.05) is 10.6 Å². The summed E-state index contributed by atoms with van der Waals surface area (Å²) in [5.41, 5.74) is 6.85. The lowest BCUT2D eigenvalue weighted by Crippen LogP contribution is -2.30. The fraction of sp³-hybridized carbons (Fsp3) is 0.250. The summed E-state index contributed by atoms with van der Waals surface area (Å²) in [4.78, 5) is 1.27. The first-order valence-corrected chi connectivity index (χ1v) is 7.41. The third kappa shape index (κ3) is 3.60. The predicted octanol–water partition coefficient (Wildman–Crippen LogP) is 3.60. The summed E-state index contributed by atoms with van der Waals surface area (Å²) in [6.07, 6.45) is 0. The van der Waals surface area contributed by atoms with Crippen molar-refractivity contribution in [3.05, 3.63) is 65.2 Å². The van der Waals surface area contributed by atoms with Gasteiger partial charge in [0.1, 0.15) is 0 Å². The van der Waals surface area contributed by atoms with Gasteiger partial charge in [0.15, 0.2) is 0 Å². The average Bonchev–Trinajstić information content (AvgIpc) is 2.45. The Bertz CT molecular complexity index is 526. The Hall–Kier alpha value is -1.29. The highest BCUT2D eigenvalue weighted by Gasteiger charge is 2.13. The summed E-state index contributed by atoms with van der Waals surface area (Å²) < 4.78 is 0. The summed E-state index contributed by atoms with van der Waals surface area (Å²) in [6.45, 7) is 4.29. The maximum Gasteiger partial charge on any atom is 0.0556 e. The molecule has 0 saturated carbocycles. The van der Waals surface area contributed by atoms with Crippen LogP contribution in [-0.4, -0.2) is 5.75 Å². The summed E-state index contributed by atoms with van der Waals surface area (Å²) in [7, 11) is 0. The molecule has 2 nitrogen and oxygen atoms in total. The zero-order chi connectivity index (χ0) is 13.7. The fourth-order valence-electron chi connectivity index (χ4n) is 2.08. The molecule has 3 N–H and O–H groups in total. The van der Waals surface area contributed by atoms with Crippen LogP contribution in [0.2, 0.25) is 0 Å². The number of aryl methyl sites for hydroxylation is 1. The molecule has 19 heavy (non-hydrogen) atoms. The first-order chi connectivity index (χ1) is 9.22. The molecule has 2 aromatic rings. The van der Waals surface area contributed by atoms with Gasteiger partial charge >= 0.3 is 0 Å². The molecule has 0 aliphatic rings. The number of benzene rings is 2. The van der Waals surface area contributed by atoms with Crippen LogP contribution in [0.5, 0.6) is 0 Å². The van der Waals surface area contributed by atoms with E-state index in [-0.39, 0.29) is 6.04 Å². The average molecular weight is 272 g/mol. The minimum Gasteiger partial charge on any atom is -0.271 e. The van der Waals surface area contributed by atoms with E-state index in [1.807, 2.05) is 17.8 Å². The van der Waals surface area contributed by atoms with Crippen LogP contribution in [0.1, 0.15) is 22.7 Å². The number of rotatable bonds is 5. The number of hydrogen-bond donors (Lipinski definition) is 2. The van der Waals surface area contributed by atoms with Crippen LogP contribution in [0.15, 0.2) is 53.4 Å². The van der Waals surface area contributed by atoms with Crippen molar-refractivity contribution in [2.45, 2.75) is 24.8 Å². The zero-order valence-electron chi connectivity index (χ0n) is 11.4. The quantitative estimate of drug-likeness (QED) is 0.496. The highest BCUT2D eigenvalue weighted by atomic mass is 32.2. The van der Waals surface area contributed by atoms with Crippen LogP contribution in [-0.2, 0) is 0 Å². The van der Waals surface area contributed by atoms with Crippen molar-refractivity contribution < 1.29 is 0 Å². The van der Waals surface area contributed by atoms with Gasteiger partial charge in [0.2, 0.25) is 0 Å². The fourth-order valence-corrected chi connectivity index (χ4v) is 3.06. The lowest BCUT2D eigenvalue weighted by atomic mass is 9.99. The SMILES string of the molecule is Cc1cccc(C(CSc2ccccc2)NN)c1C. The Morgan fingerprint density at radius 1 is 1.05 bits per heavy atom. The molecule has 0 radical (unpaired) electrons. The molecule has 1 atom stereocenters. The van der Waals surface area contributed by atoms with E-state index in [4.69, 9.17) is 5.84 Å². The Morgan fingerprint density at radius 2 is 1.79 bits per heavy atom. The minimum atomic E-state index is 0.171. The molecule has 0 aromatic heterocycles. The Labute approximate surface area is 119 Å². The van der Waals surface area contributed by atoms with Gasteiger partial charge in [-0.2, -0.15) is 0 Å². The van der Waals surface area contributed by atoms with Crippen LogP contribution in [0.3, 0.4) is 0 Å². The first kappa shape index (κ1) is 14.1. The van der Waals surface area contributed by atoms with Crippen molar-refractivity contribution in [2.24, 2.45) is 5.84 Å². The number of thioether (sulfide) groups is 1. The molecular formula is C16H20N2S. The van der Waals surface area contributed by atoms with E-state index >= 15 is 0 Å². The maximum absolute atomic E-state index is 5.72. The molecule has 0 saturated heterocycles. The standard InChI is InChI=1S/C16H20N2S/c1-12-7-6-10-15(13(12)2)16(18-17)11-19-14-8-4-3-5-9-14/h3-10,16,18H,11,17H2,1-2H3. The first-order valence-electron chi connectivity index (χ1n) is 6.42. The van der Waals surface area contributed by atoms with Gasteiger partial charge in [0.05, 0.1) is 6.04 Å². The van der Waals surface area contributed by atoms with Gasteiger partial charge in [-0.05, 0) is 42.7 Å². The lowest BCUT2D eigenvalue weighted by Gasteiger charge is -2.19. The molecule has 3 heteroatoms. The maximum atomic E-state index is 5.72. The second-order valence-corrected chi connectivity index (χ2v) is 5.73. The van der Waals surface area contributed by atoms with Crippen molar-refractivity contribution in [1.82, 2.24) is 5.43 Å². The van der Waals surface area contributed by atoms with Gasteiger partial charge in [0.25, 0.3) is 0 Å². The van der Waals surface area contributed by atoms with Crippen LogP contribution < -0.4 is 11.3 Å². The van der Waals surface area contributed by atoms with E-state index in [1.54, 1.807) is 0 Å². The second kappa shape index (κ2) is 6.75. The highest BCUT2D eigenvalue weighted by molar-refractivity contribution is 7.99. The monoisotopic (exact) mass is 272 g/mol. The van der Waals surface area contributed by atoms with Gasteiger partial charge in [-0.3, -0.25) is 11.3 Å². The molecule has 100 valence electrons. The van der Waals surface area contributed by atoms with Crippen molar-refractivity contribution >= 4 is 11.8 Å². The number of nitrogens with one attached hydrogen (secondary N) is 1. The van der Waals surface area contributed by atoms with Gasteiger partial charge in [-0.25, -0.2) is 0 Å². The van der Waals surface area contributed by atoms with Gasteiger partial charge in [-0.15, -0.1) is 11.8 Å². The lowest BCUT2D eigenvalue weighted by molar-refractivity contribution is 0.607. The normalized spacial score (nSPS) is 12.4. The molecule has 0 bridgehead atoms. The van der Waals surface area contributed by atoms with E-state index in [0.717, 1.165) is 5.75 Å². The number of hydrazine groups is 1. The van der Waals surface area contributed by atoms with Crippen molar-refractivity contribution in [3.63, 3.8) is 0 Å². The van der Waals surface area contributed by atoms with Crippen LogP contribution in [0.25, 0.3) is 0 Å². The van der Waals surface area contributed by atoms with Crippen LogP contribution >= 0.6 is 11.8 Å². The number of hydrogen-bond acceptors (Lipinski definition) is 3. The summed E-state index contributed by atoms with van der Waals surface area (Å²) in [5, 5.41) is 0. The Morgan fingerprint density at radius 3 is 2.47 bits per heavy atom. The van der Waals surface area contributed by atoms with Crippen molar-refractivity contribution in [3.8, 4) is 0 Å². The van der Waals surface area contributed by atoms with E-state index in [2.05, 4.69) is 61.7 Å². The van der Waals surface area contributed by atoms with Crippen molar-refractivity contribution in [1.29, 1.82) is 0 Å². The molecule has 0 amide bonds. The van der Waals surface area contributed by atoms with Crippen LogP contribution in [0, 0.1) is 13.8 Å². The van der Waals surface area contributed by atoms with E-state index in [9.17, 15) is 0 Å². The Kier molecular flexibility index (Phi) is 5.02. The molecule has 0 spiro atoms. The largest absolute Gasteiger partial charge is 0.271 e. The number of nitrogens with two attached hydrogens (primary N) is 1. The molecule has 2 aromatic carbocycles.